The van der Waals surface area contributed by atoms with Crippen LogP contribution in [0.4, 0.5) is 5.13 Å². The number of anilines is 1. The van der Waals surface area contributed by atoms with E-state index in [0.717, 1.165) is 35.4 Å². The quantitative estimate of drug-likeness (QED) is 0.786. The molecule has 2 aromatic heterocycles. The standard InChI is InChI=1S/C15H18N4O3S.2ClH/c1-10-13(14(20)21)18-15(23-10)19-6-5-17-7-11(19)9-22-12-3-2-4-16-8-12;;/h2-4,8,11,17H,5-7,9H2,1H3,(H,20,21);2*1H. The van der Waals surface area contributed by atoms with Gasteiger partial charge in [0.05, 0.1) is 12.2 Å². The number of aryl methyl sites for hydroxylation is 1. The van der Waals surface area contributed by atoms with Crippen molar-refractivity contribution in [3.8, 4) is 5.75 Å². The summed E-state index contributed by atoms with van der Waals surface area (Å²) in [5, 5.41) is 13.3. The van der Waals surface area contributed by atoms with E-state index in [1.165, 1.54) is 11.3 Å². The summed E-state index contributed by atoms with van der Waals surface area (Å²) >= 11 is 1.41. The minimum Gasteiger partial charge on any atom is -0.490 e. The van der Waals surface area contributed by atoms with Gasteiger partial charge >= 0.3 is 5.97 Å². The molecule has 2 N–H and O–H groups in total. The Morgan fingerprint density at radius 3 is 2.96 bits per heavy atom. The Balaban J connectivity index is 0.00000156. The molecular formula is C15H20Cl2N4O3S. The summed E-state index contributed by atoms with van der Waals surface area (Å²) in [7, 11) is 0. The van der Waals surface area contributed by atoms with Gasteiger partial charge in [-0.2, -0.15) is 0 Å². The van der Waals surface area contributed by atoms with Crippen molar-refractivity contribution in [3.05, 3.63) is 35.1 Å². The molecular weight excluding hydrogens is 387 g/mol. The van der Waals surface area contributed by atoms with E-state index < -0.39 is 5.97 Å². The van der Waals surface area contributed by atoms with Crippen molar-refractivity contribution in [1.29, 1.82) is 0 Å². The zero-order valence-electron chi connectivity index (χ0n) is 13.5. The van der Waals surface area contributed by atoms with Crippen LogP contribution in [0.25, 0.3) is 0 Å². The van der Waals surface area contributed by atoms with Crippen LogP contribution in [0.5, 0.6) is 5.75 Å². The first-order valence-electron chi connectivity index (χ1n) is 7.36. The van der Waals surface area contributed by atoms with E-state index in [1.54, 1.807) is 19.3 Å². The fourth-order valence-electron chi connectivity index (χ4n) is 2.49. The molecule has 1 fully saturated rings. The lowest BCUT2D eigenvalue weighted by molar-refractivity contribution is 0.0690. The largest absolute Gasteiger partial charge is 0.490 e. The summed E-state index contributed by atoms with van der Waals surface area (Å²) < 4.78 is 5.80. The fourth-order valence-corrected chi connectivity index (χ4v) is 3.49. The van der Waals surface area contributed by atoms with Crippen LogP contribution in [0.3, 0.4) is 0 Å². The average molecular weight is 407 g/mol. The van der Waals surface area contributed by atoms with Gasteiger partial charge in [-0.3, -0.25) is 4.98 Å². The molecule has 1 unspecified atom stereocenters. The van der Waals surface area contributed by atoms with E-state index in [-0.39, 0.29) is 36.5 Å². The van der Waals surface area contributed by atoms with Crippen molar-refractivity contribution < 1.29 is 14.6 Å². The molecule has 3 heterocycles. The van der Waals surface area contributed by atoms with Crippen LogP contribution in [-0.4, -0.2) is 53.3 Å². The van der Waals surface area contributed by atoms with E-state index in [4.69, 9.17) is 4.74 Å². The zero-order chi connectivity index (χ0) is 16.2. The highest BCUT2D eigenvalue weighted by molar-refractivity contribution is 7.15. The number of hydrogen-bond donors (Lipinski definition) is 2. The van der Waals surface area contributed by atoms with Gasteiger partial charge in [0.2, 0.25) is 0 Å². The van der Waals surface area contributed by atoms with Crippen molar-refractivity contribution in [1.82, 2.24) is 15.3 Å². The highest BCUT2D eigenvalue weighted by Crippen LogP contribution is 2.28. The monoisotopic (exact) mass is 406 g/mol. The van der Waals surface area contributed by atoms with E-state index in [9.17, 15) is 9.90 Å². The number of carboxylic acid groups (broad SMARTS) is 1. The molecule has 0 amide bonds. The predicted molar refractivity (Wildman–Crippen MR) is 102 cm³/mol. The van der Waals surface area contributed by atoms with Crippen LogP contribution >= 0.6 is 36.2 Å². The van der Waals surface area contributed by atoms with Gasteiger partial charge in [0, 0.05) is 30.7 Å². The lowest BCUT2D eigenvalue weighted by atomic mass is 10.2. The summed E-state index contributed by atoms with van der Waals surface area (Å²) in [6.45, 7) is 4.65. The van der Waals surface area contributed by atoms with E-state index in [2.05, 4.69) is 20.2 Å². The fraction of sp³-hybridized carbons (Fsp3) is 0.400. The minimum atomic E-state index is -0.983. The summed E-state index contributed by atoms with van der Waals surface area (Å²) in [6, 6.07) is 3.79. The number of hydrogen-bond acceptors (Lipinski definition) is 7. The lowest BCUT2D eigenvalue weighted by Crippen LogP contribution is -2.54. The number of thiazole rings is 1. The van der Waals surface area contributed by atoms with Crippen LogP contribution in [0.15, 0.2) is 24.5 Å². The molecule has 2 aromatic rings. The third-order valence-corrected chi connectivity index (χ3v) is 4.67. The Bertz CT molecular complexity index is 687. The number of nitrogens with zero attached hydrogens (tertiary/aromatic N) is 3. The smallest absolute Gasteiger partial charge is 0.355 e. The summed E-state index contributed by atoms with van der Waals surface area (Å²) in [6.07, 6.45) is 3.38. The van der Waals surface area contributed by atoms with E-state index in [0.29, 0.717) is 6.61 Å². The number of piperazine rings is 1. The summed E-state index contributed by atoms with van der Waals surface area (Å²) in [5.41, 5.74) is 0.135. The zero-order valence-corrected chi connectivity index (χ0v) is 16.0. The molecule has 0 aliphatic carbocycles. The maximum absolute atomic E-state index is 11.2. The normalized spacial score (nSPS) is 16.5. The first-order valence-corrected chi connectivity index (χ1v) is 8.17. The van der Waals surface area contributed by atoms with Gasteiger partial charge in [0.25, 0.3) is 0 Å². The molecule has 3 rings (SSSR count). The molecule has 10 heteroatoms. The van der Waals surface area contributed by atoms with Crippen LogP contribution in [-0.2, 0) is 0 Å². The van der Waals surface area contributed by atoms with Crippen molar-refractivity contribution in [2.75, 3.05) is 31.1 Å². The van der Waals surface area contributed by atoms with Crippen molar-refractivity contribution >= 4 is 47.3 Å². The van der Waals surface area contributed by atoms with Gasteiger partial charge in [-0.25, -0.2) is 9.78 Å². The summed E-state index contributed by atoms with van der Waals surface area (Å²) in [5.74, 6) is -0.261. The second kappa shape index (κ2) is 9.76. The van der Waals surface area contributed by atoms with Gasteiger partial charge < -0.3 is 20.1 Å². The third kappa shape index (κ3) is 5.18. The Kier molecular flexibility index (Phi) is 8.37. The summed E-state index contributed by atoms with van der Waals surface area (Å²) in [4.78, 5) is 22.4. The Labute approximate surface area is 162 Å². The third-order valence-electron chi connectivity index (χ3n) is 3.66. The number of nitrogens with one attached hydrogen (secondary N) is 1. The molecule has 1 saturated heterocycles. The van der Waals surface area contributed by atoms with E-state index >= 15 is 0 Å². The average Bonchev–Trinajstić information content (AvgIpc) is 2.96. The SMILES string of the molecule is Cc1sc(N2CCNCC2COc2cccnc2)nc1C(=O)O.Cl.Cl. The molecule has 1 atom stereocenters. The molecule has 0 bridgehead atoms. The van der Waals surface area contributed by atoms with Gasteiger partial charge in [0.1, 0.15) is 12.4 Å². The second-order valence-corrected chi connectivity index (χ2v) is 6.44. The van der Waals surface area contributed by atoms with Gasteiger partial charge in [-0.15, -0.1) is 36.2 Å². The molecule has 7 nitrogen and oxygen atoms in total. The first-order chi connectivity index (χ1) is 11.1. The number of rotatable bonds is 5. The number of pyridine rings is 1. The molecule has 1 aliphatic heterocycles. The van der Waals surface area contributed by atoms with Crippen LogP contribution in [0.2, 0.25) is 0 Å². The molecule has 1 aliphatic rings. The molecule has 0 radical (unpaired) electrons. The Morgan fingerprint density at radius 1 is 1.52 bits per heavy atom. The Hall–Kier alpha value is -1.61. The van der Waals surface area contributed by atoms with Gasteiger partial charge in [-0.1, -0.05) is 0 Å². The number of aromatic nitrogens is 2. The van der Waals surface area contributed by atoms with Crippen LogP contribution in [0.1, 0.15) is 15.4 Å². The number of carbonyl (C=O) groups is 1. The van der Waals surface area contributed by atoms with Gasteiger partial charge in [-0.05, 0) is 19.1 Å². The number of ether oxygens (including phenoxy) is 1. The van der Waals surface area contributed by atoms with E-state index in [1.807, 2.05) is 12.1 Å². The van der Waals surface area contributed by atoms with Crippen molar-refractivity contribution in [2.45, 2.75) is 13.0 Å². The molecule has 0 spiro atoms. The molecule has 0 aromatic carbocycles. The molecule has 0 saturated carbocycles. The first kappa shape index (κ1) is 21.4. The molecule has 138 valence electrons. The Morgan fingerprint density at radius 2 is 2.32 bits per heavy atom. The minimum absolute atomic E-state index is 0. The van der Waals surface area contributed by atoms with Crippen molar-refractivity contribution in [3.63, 3.8) is 0 Å². The topological polar surface area (TPSA) is 87.6 Å². The number of halogens is 2. The van der Waals surface area contributed by atoms with Crippen LogP contribution < -0.4 is 15.0 Å². The van der Waals surface area contributed by atoms with Crippen molar-refractivity contribution in [2.24, 2.45) is 0 Å². The maximum Gasteiger partial charge on any atom is 0.355 e. The highest BCUT2D eigenvalue weighted by Gasteiger charge is 2.27. The second-order valence-electron chi connectivity index (χ2n) is 5.26. The predicted octanol–water partition coefficient (Wildman–Crippen LogP) is 2.25. The van der Waals surface area contributed by atoms with Gasteiger partial charge in [0.15, 0.2) is 10.8 Å². The number of aromatic carboxylic acids is 1. The maximum atomic E-state index is 11.2. The lowest BCUT2D eigenvalue weighted by Gasteiger charge is -2.35. The van der Waals surface area contributed by atoms with Crippen LogP contribution in [0, 0.1) is 6.92 Å². The highest BCUT2D eigenvalue weighted by atomic mass is 35.5. The number of carboxylic acids is 1. The molecule has 25 heavy (non-hydrogen) atoms.